The largest absolute Gasteiger partial charge is 0.504 e. The van der Waals surface area contributed by atoms with Crippen molar-refractivity contribution >= 4 is 11.6 Å². The van der Waals surface area contributed by atoms with E-state index in [9.17, 15) is 24.9 Å². The number of benzene rings is 2. The second-order valence-electron chi connectivity index (χ2n) is 19.5. The van der Waals surface area contributed by atoms with Crippen LogP contribution in [0.1, 0.15) is 131 Å². The Kier molecular flexibility index (Phi) is 15.8. The predicted molar refractivity (Wildman–Crippen MR) is 253 cm³/mol. The normalized spacial score (nSPS) is 25.6. The van der Waals surface area contributed by atoms with Crippen LogP contribution in [0, 0.1) is 46.8 Å². The molecule has 2 saturated carbocycles. The Bertz CT molecular complexity index is 2190. The number of carbonyl (C=O) groups is 2. The molecule has 2 fully saturated rings. The number of hydrogen-bond acceptors (Lipinski definition) is 9. The molecule has 3 aliphatic carbocycles. The lowest BCUT2D eigenvalue weighted by Crippen LogP contribution is -2.37. The number of hydrogen-bond donors (Lipinski definition) is 7. The van der Waals surface area contributed by atoms with E-state index < -0.39 is 24.0 Å². The number of dihydropyridines is 1. The number of aliphatic hydroxyl groups excluding tert-OH is 2. The van der Waals surface area contributed by atoms with Crippen LogP contribution in [-0.2, 0) is 22.4 Å². The van der Waals surface area contributed by atoms with Gasteiger partial charge in [-0.1, -0.05) is 81.4 Å². The zero-order chi connectivity index (χ0) is 45.4. The monoisotopic (exact) mass is 873 g/mol. The van der Waals surface area contributed by atoms with Crippen molar-refractivity contribution in [2.75, 3.05) is 26.7 Å². The fourth-order valence-electron chi connectivity index (χ4n) is 11.8. The van der Waals surface area contributed by atoms with E-state index in [2.05, 4.69) is 71.7 Å². The Labute approximate surface area is 380 Å². The van der Waals surface area contributed by atoms with Crippen LogP contribution in [0.3, 0.4) is 0 Å². The molecule has 10 nitrogen and oxygen atoms in total. The van der Waals surface area contributed by atoms with Crippen LogP contribution in [-0.4, -0.2) is 70.8 Å². The average Bonchev–Trinajstić information content (AvgIpc) is 3.93. The van der Waals surface area contributed by atoms with Gasteiger partial charge < -0.3 is 41.4 Å². The number of nitrogens with one attached hydrogen (secondary N) is 3. The molecule has 344 valence electrons. The molecule has 0 bridgehead atoms. The lowest BCUT2D eigenvalue weighted by Gasteiger charge is -2.43. The second kappa shape index (κ2) is 21.4. The number of aryl methyl sites for hydroxylation is 1. The maximum Gasteiger partial charge on any atom is 0.160 e. The first-order chi connectivity index (χ1) is 30.9. The summed E-state index contributed by atoms with van der Waals surface area (Å²) in [6.07, 6.45) is 14.4. The summed E-state index contributed by atoms with van der Waals surface area (Å²) in [5, 5.41) is 40.0. The van der Waals surface area contributed by atoms with Crippen LogP contribution in [0.15, 0.2) is 78.3 Å². The van der Waals surface area contributed by atoms with E-state index in [-0.39, 0.29) is 65.2 Å². The zero-order valence-corrected chi connectivity index (χ0v) is 38.5. The lowest BCUT2D eigenvalue weighted by atomic mass is 9.62. The van der Waals surface area contributed by atoms with Crippen molar-refractivity contribution in [3.63, 3.8) is 0 Å². The Morgan fingerprint density at radius 3 is 2.50 bits per heavy atom. The van der Waals surface area contributed by atoms with Gasteiger partial charge in [-0.2, -0.15) is 0 Å². The molecule has 1 aliphatic heterocycles. The van der Waals surface area contributed by atoms with Crippen LogP contribution >= 0.6 is 0 Å². The van der Waals surface area contributed by atoms with Crippen molar-refractivity contribution in [3.05, 3.63) is 106 Å². The predicted octanol–water partition coefficient (Wildman–Crippen LogP) is 7.97. The number of carbonyl (C=O) groups excluding carboxylic acids is 2. The number of Topliss-reactive ketones (excluding diaryl/α,β-unsaturated/α-hetero) is 2. The molecular formula is C54H72N4O6. The number of rotatable bonds is 15. The Morgan fingerprint density at radius 2 is 1.78 bits per heavy atom. The number of allylic oxidation sites excluding steroid dienone is 2. The summed E-state index contributed by atoms with van der Waals surface area (Å²) in [5.41, 5.74) is 12.4. The summed E-state index contributed by atoms with van der Waals surface area (Å²) < 4.78 is 5.53. The van der Waals surface area contributed by atoms with Gasteiger partial charge in [-0.15, -0.1) is 0 Å². The lowest BCUT2D eigenvalue weighted by molar-refractivity contribution is -0.130. The summed E-state index contributed by atoms with van der Waals surface area (Å²) in [6, 6.07) is 15.8. The van der Waals surface area contributed by atoms with Gasteiger partial charge in [0.1, 0.15) is 11.6 Å². The van der Waals surface area contributed by atoms with Crippen molar-refractivity contribution in [1.82, 2.24) is 15.6 Å². The van der Waals surface area contributed by atoms with E-state index in [0.717, 1.165) is 79.4 Å². The molecule has 64 heavy (non-hydrogen) atoms. The summed E-state index contributed by atoms with van der Waals surface area (Å²) in [5.74, 6) is 7.50. The minimum Gasteiger partial charge on any atom is -0.504 e. The summed E-state index contributed by atoms with van der Waals surface area (Å²) in [7, 11) is 1.52. The van der Waals surface area contributed by atoms with Gasteiger partial charge in [-0.3, -0.25) is 9.59 Å². The molecule has 1 aromatic heterocycles. The van der Waals surface area contributed by atoms with E-state index in [4.69, 9.17) is 10.5 Å². The highest BCUT2D eigenvalue weighted by atomic mass is 16.5. The quantitative estimate of drug-likeness (QED) is 0.0592. The minimum absolute atomic E-state index is 0.0120. The third-order valence-corrected chi connectivity index (χ3v) is 15.1. The van der Waals surface area contributed by atoms with Crippen LogP contribution in [0.2, 0.25) is 0 Å². The first-order valence-corrected chi connectivity index (χ1v) is 24.0. The number of aliphatic hydroxyl groups is 2. The number of phenolic OH excluding ortho intramolecular Hbond substituents is 1. The number of nitrogens with two attached hydrogens (primary N) is 1. The van der Waals surface area contributed by atoms with Crippen molar-refractivity contribution in [3.8, 4) is 23.3 Å². The molecule has 4 aliphatic rings. The molecule has 0 amide bonds. The Hall–Kier alpha value is -4.82. The third-order valence-electron chi connectivity index (χ3n) is 15.1. The molecule has 0 radical (unpaired) electrons. The molecule has 2 heterocycles. The van der Waals surface area contributed by atoms with E-state index in [1.807, 2.05) is 30.5 Å². The molecular weight excluding hydrogens is 801 g/mol. The SMILES string of the molecule is CCCC(C(O)Cc1cc(C(C)CNCC(C)O)c[nH]1)C1CC2C(=O)CC(=O)CCc3cc(OC)c(O)cc3C(c3ccccc3)C#CC2CC(C2(C3=CCNC(N)=C3)CCCC2)C1. The fraction of sp³-hybridized carbons (Fsp3) is 0.556. The van der Waals surface area contributed by atoms with Gasteiger partial charge in [0.05, 0.1) is 37.5 Å². The molecule has 9 atom stereocenters. The van der Waals surface area contributed by atoms with Gasteiger partial charge in [-0.25, -0.2) is 0 Å². The smallest absolute Gasteiger partial charge is 0.160 e. The number of H-pyrrole nitrogens is 1. The molecule has 2 aromatic carbocycles. The summed E-state index contributed by atoms with van der Waals surface area (Å²) in [6.45, 7) is 8.06. The van der Waals surface area contributed by atoms with Crippen molar-refractivity contribution in [1.29, 1.82) is 0 Å². The van der Waals surface area contributed by atoms with E-state index in [0.29, 0.717) is 50.3 Å². The number of methoxy groups -OCH3 is 1. The highest BCUT2D eigenvalue weighted by molar-refractivity contribution is 6.00. The van der Waals surface area contributed by atoms with Gasteiger partial charge in [-0.05, 0) is 133 Å². The Morgan fingerprint density at radius 1 is 1.00 bits per heavy atom. The number of ether oxygens (including phenoxy) is 1. The number of aromatic amines is 1. The number of fused-ring (bicyclic) bond motifs is 2. The van der Waals surface area contributed by atoms with Gasteiger partial charge in [0, 0.05) is 56.2 Å². The standard InChI is InChI=1S/C54H72N4O6/c1-5-11-46(49(61)28-43-24-40(33-58-43)34(2)31-56-32-35(3)59)39-23-42(54(19-9-10-20-54)41-18-21-57-53(55)27-41)22-37-15-17-45(36-12-7-6-8-13-36)47-30-51(63)52(64-4)26-38(47)14-16-44(60)29-50(62)48(37)25-39/h6-8,12-13,18,24,26-27,30,33-35,37,39,42,45-46,48-49,56-59,61,63H,5,9-11,14,16,19-23,25,28-29,31-32,55H2,1-4H3. The van der Waals surface area contributed by atoms with Crippen molar-refractivity contribution in [2.24, 2.45) is 40.7 Å². The summed E-state index contributed by atoms with van der Waals surface area (Å²) in [4.78, 5) is 32.3. The van der Waals surface area contributed by atoms with Crippen molar-refractivity contribution in [2.45, 2.75) is 128 Å². The maximum absolute atomic E-state index is 14.9. The molecule has 0 saturated heterocycles. The molecule has 0 spiro atoms. The van der Waals surface area contributed by atoms with Crippen LogP contribution in [0.5, 0.6) is 11.5 Å². The molecule has 10 heteroatoms. The molecule has 7 rings (SSSR count). The number of phenols is 1. The van der Waals surface area contributed by atoms with E-state index in [1.54, 1.807) is 13.0 Å². The van der Waals surface area contributed by atoms with Crippen LogP contribution in [0.4, 0.5) is 0 Å². The van der Waals surface area contributed by atoms with Crippen LogP contribution < -0.4 is 21.1 Å². The average molecular weight is 873 g/mol. The molecule has 3 aromatic rings. The number of ketones is 2. The van der Waals surface area contributed by atoms with Crippen LogP contribution in [0.25, 0.3) is 0 Å². The second-order valence-corrected chi connectivity index (χ2v) is 19.5. The number of aromatic nitrogens is 1. The van der Waals surface area contributed by atoms with Gasteiger partial charge in [0.15, 0.2) is 11.5 Å². The Balaban J connectivity index is 1.31. The number of aromatic hydroxyl groups is 1. The van der Waals surface area contributed by atoms with E-state index >= 15 is 0 Å². The zero-order valence-electron chi connectivity index (χ0n) is 38.5. The third kappa shape index (κ3) is 11.0. The molecule has 9 unspecified atom stereocenters. The first kappa shape index (κ1) is 47.2. The minimum atomic E-state index is -0.650. The van der Waals surface area contributed by atoms with Crippen molar-refractivity contribution < 1.29 is 29.6 Å². The summed E-state index contributed by atoms with van der Waals surface area (Å²) >= 11 is 0. The highest BCUT2D eigenvalue weighted by Crippen LogP contribution is 2.57. The topological polar surface area (TPSA) is 170 Å². The first-order valence-electron chi connectivity index (χ1n) is 24.0. The highest BCUT2D eigenvalue weighted by Gasteiger charge is 2.50. The van der Waals surface area contributed by atoms with Gasteiger partial charge >= 0.3 is 0 Å². The van der Waals surface area contributed by atoms with E-state index in [1.165, 1.54) is 12.7 Å². The van der Waals surface area contributed by atoms with Gasteiger partial charge in [0.2, 0.25) is 0 Å². The van der Waals surface area contributed by atoms with Gasteiger partial charge in [0.25, 0.3) is 0 Å². The maximum atomic E-state index is 14.9. The fourth-order valence-corrected chi connectivity index (χ4v) is 11.8. The molecule has 8 N–H and O–H groups in total.